The molecule has 6 heteroatoms. The lowest BCUT2D eigenvalue weighted by atomic mass is 10.1. The molecule has 2 rings (SSSR count). The molecule has 2 aromatic rings. The Labute approximate surface area is 164 Å². The number of benzene rings is 2. The number of nitrogens with one attached hydrogen (secondary N) is 2. The first-order valence-corrected chi connectivity index (χ1v) is 9.35. The van der Waals surface area contributed by atoms with Gasteiger partial charge in [-0.1, -0.05) is 60.0 Å². The van der Waals surface area contributed by atoms with Crippen molar-refractivity contribution in [2.75, 3.05) is 6.54 Å². The fourth-order valence-corrected chi connectivity index (χ4v) is 2.64. The molecule has 2 amide bonds. The molecular formula is C21H24ClN3O2. The average molecular weight is 386 g/mol. The molecule has 27 heavy (non-hydrogen) atoms. The first-order chi connectivity index (χ1) is 13.1. The van der Waals surface area contributed by atoms with Crippen molar-refractivity contribution in [3.05, 3.63) is 70.2 Å². The van der Waals surface area contributed by atoms with Crippen LogP contribution in [0.2, 0.25) is 5.02 Å². The lowest BCUT2D eigenvalue weighted by Gasteiger charge is -2.06. The Hall–Kier alpha value is -2.66. The second-order valence-electron chi connectivity index (χ2n) is 6.25. The SMILES string of the molecule is Cc1ccc(C=NNC(=O)CCCCCNC(=O)c2ccccc2Cl)cc1. The number of hydrogen-bond donors (Lipinski definition) is 2. The predicted octanol–water partition coefficient (Wildman–Crippen LogP) is 4.09. The fourth-order valence-electron chi connectivity index (χ4n) is 2.42. The van der Waals surface area contributed by atoms with E-state index in [1.54, 1.807) is 30.5 Å². The Morgan fingerprint density at radius 2 is 1.78 bits per heavy atom. The molecule has 0 bridgehead atoms. The van der Waals surface area contributed by atoms with Crippen molar-refractivity contribution in [3.8, 4) is 0 Å². The van der Waals surface area contributed by atoms with Crippen molar-refractivity contribution in [2.45, 2.75) is 32.6 Å². The van der Waals surface area contributed by atoms with E-state index in [9.17, 15) is 9.59 Å². The van der Waals surface area contributed by atoms with E-state index in [1.165, 1.54) is 5.56 Å². The first-order valence-electron chi connectivity index (χ1n) is 8.97. The minimum absolute atomic E-state index is 0.113. The van der Waals surface area contributed by atoms with E-state index < -0.39 is 0 Å². The smallest absolute Gasteiger partial charge is 0.252 e. The zero-order chi connectivity index (χ0) is 19.5. The summed E-state index contributed by atoms with van der Waals surface area (Å²) in [7, 11) is 0. The normalized spacial score (nSPS) is 10.7. The van der Waals surface area contributed by atoms with Crippen molar-refractivity contribution >= 4 is 29.6 Å². The molecule has 0 radical (unpaired) electrons. The van der Waals surface area contributed by atoms with Gasteiger partial charge in [-0.3, -0.25) is 9.59 Å². The molecule has 0 aromatic heterocycles. The van der Waals surface area contributed by atoms with E-state index in [-0.39, 0.29) is 11.8 Å². The van der Waals surface area contributed by atoms with E-state index in [2.05, 4.69) is 15.8 Å². The Kier molecular flexibility index (Phi) is 8.52. The number of carbonyl (C=O) groups excluding carboxylic acids is 2. The molecule has 0 spiro atoms. The number of nitrogens with zero attached hydrogens (tertiary/aromatic N) is 1. The largest absolute Gasteiger partial charge is 0.352 e. The van der Waals surface area contributed by atoms with Crippen LogP contribution >= 0.6 is 11.6 Å². The van der Waals surface area contributed by atoms with Crippen LogP contribution in [0.4, 0.5) is 0 Å². The Bertz CT molecular complexity index is 788. The number of carbonyl (C=O) groups is 2. The van der Waals surface area contributed by atoms with Gasteiger partial charge in [-0.05, 0) is 37.5 Å². The van der Waals surface area contributed by atoms with Gasteiger partial charge in [0, 0.05) is 13.0 Å². The van der Waals surface area contributed by atoms with E-state index >= 15 is 0 Å². The lowest BCUT2D eigenvalue weighted by Crippen LogP contribution is -2.24. The summed E-state index contributed by atoms with van der Waals surface area (Å²) in [4.78, 5) is 23.7. The lowest BCUT2D eigenvalue weighted by molar-refractivity contribution is -0.121. The highest BCUT2D eigenvalue weighted by Gasteiger charge is 2.08. The maximum atomic E-state index is 12.0. The van der Waals surface area contributed by atoms with Crippen LogP contribution in [0.3, 0.4) is 0 Å². The zero-order valence-electron chi connectivity index (χ0n) is 15.4. The van der Waals surface area contributed by atoms with Crippen LogP contribution in [0.5, 0.6) is 0 Å². The minimum atomic E-state index is -0.177. The van der Waals surface area contributed by atoms with E-state index in [0.717, 1.165) is 24.8 Å². The molecule has 0 heterocycles. The van der Waals surface area contributed by atoms with Crippen molar-refractivity contribution in [1.82, 2.24) is 10.7 Å². The predicted molar refractivity (Wildman–Crippen MR) is 109 cm³/mol. The highest BCUT2D eigenvalue weighted by atomic mass is 35.5. The summed E-state index contributed by atoms with van der Waals surface area (Å²) in [5.74, 6) is -0.290. The van der Waals surface area contributed by atoms with Gasteiger partial charge < -0.3 is 5.32 Å². The summed E-state index contributed by atoms with van der Waals surface area (Å²) < 4.78 is 0. The summed E-state index contributed by atoms with van der Waals surface area (Å²) in [6.07, 6.45) is 4.42. The van der Waals surface area contributed by atoms with Crippen LogP contribution in [0.25, 0.3) is 0 Å². The van der Waals surface area contributed by atoms with Crippen LogP contribution in [-0.4, -0.2) is 24.6 Å². The summed E-state index contributed by atoms with van der Waals surface area (Å²) in [5, 5.41) is 7.24. The molecule has 2 aromatic carbocycles. The molecule has 2 N–H and O–H groups in total. The maximum Gasteiger partial charge on any atom is 0.252 e. The van der Waals surface area contributed by atoms with Crippen LogP contribution in [0, 0.1) is 6.92 Å². The second-order valence-corrected chi connectivity index (χ2v) is 6.66. The quantitative estimate of drug-likeness (QED) is 0.387. The van der Waals surface area contributed by atoms with Gasteiger partial charge in [0.15, 0.2) is 0 Å². The van der Waals surface area contributed by atoms with E-state index in [1.807, 2.05) is 31.2 Å². The Morgan fingerprint density at radius 3 is 2.52 bits per heavy atom. The number of halogens is 1. The molecule has 0 saturated carbocycles. The number of unbranched alkanes of at least 4 members (excludes halogenated alkanes) is 2. The highest BCUT2D eigenvalue weighted by Crippen LogP contribution is 2.14. The van der Waals surface area contributed by atoms with Crippen LogP contribution < -0.4 is 10.7 Å². The molecule has 0 aliphatic carbocycles. The van der Waals surface area contributed by atoms with Gasteiger partial charge >= 0.3 is 0 Å². The van der Waals surface area contributed by atoms with E-state index in [0.29, 0.717) is 23.6 Å². The molecule has 5 nitrogen and oxygen atoms in total. The third-order valence-electron chi connectivity index (χ3n) is 3.96. The topological polar surface area (TPSA) is 70.6 Å². The molecule has 0 aliphatic heterocycles. The summed E-state index contributed by atoms with van der Waals surface area (Å²) >= 11 is 5.99. The van der Waals surface area contributed by atoms with Crippen molar-refractivity contribution in [2.24, 2.45) is 5.10 Å². The number of aryl methyl sites for hydroxylation is 1. The van der Waals surface area contributed by atoms with Gasteiger partial charge in [0.1, 0.15) is 0 Å². The molecular weight excluding hydrogens is 362 g/mol. The fraction of sp³-hybridized carbons (Fsp3) is 0.286. The maximum absolute atomic E-state index is 12.0. The van der Waals surface area contributed by atoms with Gasteiger partial charge in [-0.15, -0.1) is 0 Å². The first kappa shape index (κ1) is 20.6. The molecule has 0 aliphatic rings. The molecule has 142 valence electrons. The monoisotopic (exact) mass is 385 g/mol. The molecule has 0 atom stereocenters. The summed E-state index contributed by atoms with van der Waals surface area (Å²) in [5.41, 5.74) is 5.13. The summed E-state index contributed by atoms with van der Waals surface area (Å²) in [6, 6.07) is 14.8. The number of amides is 2. The minimum Gasteiger partial charge on any atom is -0.352 e. The van der Waals surface area contributed by atoms with E-state index in [4.69, 9.17) is 11.6 Å². The Morgan fingerprint density at radius 1 is 1.04 bits per heavy atom. The average Bonchev–Trinajstić information content (AvgIpc) is 2.66. The van der Waals surface area contributed by atoms with Crippen LogP contribution in [-0.2, 0) is 4.79 Å². The highest BCUT2D eigenvalue weighted by molar-refractivity contribution is 6.33. The van der Waals surface area contributed by atoms with Gasteiger partial charge in [-0.25, -0.2) is 5.43 Å². The van der Waals surface area contributed by atoms with Crippen molar-refractivity contribution in [3.63, 3.8) is 0 Å². The number of hydrazone groups is 1. The molecule has 0 saturated heterocycles. The standard InChI is InChI=1S/C21H24ClN3O2/c1-16-10-12-17(13-11-16)15-24-25-20(26)9-3-2-6-14-23-21(27)18-7-4-5-8-19(18)22/h4-5,7-8,10-13,15H,2-3,6,9,14H2,1H3,(H,23,27)(H,25,26). The number of hydrogen-bond acceptors (Lipinski definition) is 3. The third-order valence-corrected chi connectivity index (χ3v) is 4.29. The van der Waals surface area contributed by atoms with Crippen LogP contribution in [0.1, 0.15) is 47.2 Å². The van der Waals surface area contributed by atoms with Gasteiger partial charge in [0.25, 0.3) is 5.91 Å². The van der Waals surface area contributed by atoms with Crippen LogP contribution in [0.15, 0.2) is 53.6 Å². The zero-order valence-corrected chi connectivity index (χ0v) is 16.1. The van der Waals surface area contributed by atoms with Gasteiger partial charge in [-0.2, -0.15) is 5.10 Å². The van der Waals surface area contributed by atoms with Gasteiger partial charge in [0.2, 0.25) is 5.91 Å². The van der Waals surface area contributed by atoms with Gasteiger partial charge in [0.05, 0.1) is 16.8 Å². The molecule has 0 unspecified atom stereocenters. The van der Waals surface area contributed by atoms with Crippen molar-refractivity contribution in [1.29, 1.82) is 0 Å². The van der Waals surface area contributed by atoms with Crippen molar-refractivity contribution < 1.29 is 9.59 Å². The Balaban J connectivity index is 1.56. The second kappa shape index (κ2) is 11.1. The molecule has 0 fully saturated rings. The third kappa shape index (κ3) is 7.62. The number of rotatable bonds is 9. The summed E-state index contributed by atoms with van der Waals surface area (Å²) in [6.45, 7) is 2.57.